The van der Waals surface area contributed by atoms with E-state index in [1.165, 1.54) is 0 Å². The number of benzene rings is 1. The fourth-order valence-corrected chi connectivity index (χ4v) is 2.59. The van der Waals surface area contributed by atoms with Gasteiger partial charge >= 0.3 is 5.97 Å². The van der Waals surface area contributed by atoms with E-state index in [2.05, 4.69) is 10.3 Å². The van der Waals surface area contributed by atoms with Gasteiger partial charge in [0.1, 0.15) is 6.04 Å². The fraction of sp³-hybridized carbons (Fsp3) is 0.412. The van der Waals surface area contributed by atoms with E-state index in [0.29, 0.717) is 32.2 Å². The molecule has 2 aromatic rings. The molecule has 0 fully saturated rings. The van der Waals surface area contributed by atoms with Crippen molar-refractivity contribution in [2.45, 2.75) is 37.8 Å². The van der Waals surface area contributed by atoms with Gasteiger partial charge in [-0.3, -0.25) is 9.59 Å². The van der Waals surface area contributed by atoms with E-state index in [4.69, 9.17) is 16.6 Å². The van der Waals surface area contributed by atoms with E-state index in [0.717, 1.165) is 16.5 Å². The van der Waals surface area contributed by atoms with Crippen LogP contribution in [0.5, 0.6) is 0 Å². The summed E-state index contributed by atoms with van der Waals surface area (Å²) in [6, 6.07) is 6.41. The lowest BCUT2D eigenvalue weighted by atomic mass is 10.0. The predicted octanol–water partition coefficient (Wildman–Crippen LogP) is 0.736. The van der Waals surface area contributed by atoms with Gasteiger partial charge in [0.2, 0.25) is 5.91 Å². The van der Waals surface area contributed by atoms with E-state index in [1.807, 2.05) is 30.5 Å². The molecule has 0 bridgehead atoms. The van der Waals surface area contributed by atoms with E-state index in [-0.39, 0.29) is 5.91 Å². The molecule has 0 radical (unpaired) electrons. The number of carboxylic acid groups (broad SMARTS) is 1. The molecular formula is C17H24N4O3. The first-order chi connectivity index (χ1) is 11.5. The van der Waals surface area contributed by atoms with Gasteiger partial charge in [0, 0.05) is 23.6 Å². The molecule has 2 atom stereocenters. The number of amides is 1. The van der Waals surface area contributed by atoms with Crippen LogP contribution in [-0.2, 0) is 16.0 Å². The molecule has 1 heterocycles. The Labute approximate surface area is 140 Å². The Morgan fingerprint density at radius 2 is 1.92 bits per heavy atom. The first-order valence-electron chi connectivity index (χ1n) is 8.05. The van der Waals surface area contributed by atoms with Crippen LogP contribution in [0, 0.1) is 0 Å². The number of H-pyrrole nitrogens is 1. The number of fused-ring (bicyclic) bond motifs is 1. The molecule has 0 aliphatic heterocycles. The predicted molar refractivity (Wildman–Crippen MR) is 92.5 cm³/mol. The molecule has 0 spiro atoms. The molecule has 0 saturated carbocycles. The molecule has 2 rings (SSSR count). The molecule has 1 amide bonds. The van der Waals surface area contributed by atoms with Crippen LogP contribution in [0.3, 0.4) is 0 Å². The fourth-order valence-electron chi connectivity index (χ4n) is 2.59. The normalized spacial score (nSPS) is 13.6. The number of rotatable bonds is 9. The smallest absolute Gasteiger partial charge is 0.320 e. The van der Waals surface area contributed by atoms with Crippen molar-refractivity contribution in [3.05, 3.63) is 36.0 Å². The summed E-state index contributed by atoms with van der Waals surface area (Å²) in [5, 5.41) is 12.5. The highest BCUT2D eigenvalue weighted by molar-refractivity contribution is 5.86. The molecule has 0 unspecified atom stereocenters. The number of carbonyl (C=O) groups is 2. The molecule has 130 valence electrons. The Morgan fingerprint density at radius 1 is 1.17 bits per heavy atom. The van der Waals surface area contributed by atoms with Gasteiger partial charge in [-0.25, -0.2) is 0 Å². The number of para-hydroxylation sites is 1. The van der Waals surface area contributed by atoms with Crippen molar-refractivity contribution in [3.8, 4) is 0 Å². The maximum absolute atomic E-state index is 12.0. The van der Waals surface area contributed by atoms with Crippen LogP contribution >= 0.6 is 0 Å². The lowest BCUT2D eigenvalue weighted by Gasteiger charge is -2.12. The molecule has 7 N–H and O–H groups in total. The van der Waals surface area contributed by atoms with Gasteiger partial charge in [0.15, 0.2) is 0 Å². The third kappa shape index (κ3) is 4.81. The van der Waals surface area contributed by atoms with Gasteiger partial charge in [-0.1, -0.05) is 18.2 Å². The topological polar surface area (TPSA) is 134 Å². The Hall–Kier alpha value is -2.38. The lowest BCUT2D eigenvalue weighted by Crippen LogP contribution is -2.42. The number of aromatic amines is 1. The highest BCUT2D eigenvalue weighted by Gasteiger charge is 2.16. The molecule has 24 heavy (non-hydrogen) atoms. The van der Waals surface area contributed by atoms with Crippen molar-refractivity contribution >= 4 is 22.8 Å². The Kier molecular flexibility index (Phi) is 6.34. The quantitative estimate of drug-likeness (QED) is 0.432. The third-order valence-electron chi connectivity index (χ3n) is 4.01. The minimum Gasteiger partial charge on any atom is -0.480 e. The SMILES string of the molecule is N[C@@H](CCCCNC(=O)[C@@H](N)Cc1c[nH]c2ccccc12)C(=O)O. The molecule has 0 aliphatic carbocycles. The summed E-state index contributed by atoms with van der Waals surface area (Å²) in [4.78, 5) is 25.8. The second kappa shape index (κ2) is 8.47. The highest BCUT2D eigenvalue weighted by atomic mass is 16.4. The average Bonchev–Trinajstić information content (AvgIpc) is 2.97. The number of carboxylic acids is 1. The molecule has 7 heteroatoms. The third-order valence-corrected chi connectivity index (χ3v) is 4.01. The maximum atomic E-state index is 12.0. The molecule has 7 nitrogen and oxygen atoms in total. The summed E-state index contributed by atoms with van der Waals surface area (Å²) in [6.07, 6.45) is 4.05. The highest BCUT2D eigenvalue weighted by Crippen LogP contribution is 2.18. The van der Waals surface area contributed by atoms with Gasteiger partial charge in [0.25, 0.3) is 0 Å². The largest absolute Gasteiger partial charge is 0.480 e. The van der Waals surface area contributed by atoms with Gasteiger partial charge in [-0.15, -0.1) is 0 Å². The number of nitrogens with one attached hydrogen (secondary N) is 2. The van der Waals surface area contributed by atoms with Gasteiger partial charge < -0.3 is 26.9 Å². The first-order valence-corrected chi connectivity index (χ1v) is 8.05. The number of hydrogen-bond acceptors (Lipinski definition) is 4. The van der Waals surface area contributed by atoms with E-state index in [1.54, 1.807) is 0 Å². The van der Waals surface area contributed by atoms with Crippen molar-refractivity contribution in [3.63, 3.8) is 0 Å². The average molecular weight is 332 g/mol. The zero-order valence-electron chi connectivity index (χ0n) is 13.5. The monoisotopic (exact) mass is 332 g/mol. The van der Waals surface area contributed by atoms with Crippen molar-refractivity contribution in [2.24, 2.45) is 11.5 Å². The molecular weight excluding hydrogens is 308 g/mol. The van der Waals surface area contributed by atoms with Crippen LogP contribution < -0.4 is 16.8 Å². The molecule has 1 aromatic heterocycles. The van der Waals surface area contributed by atoms with Gasteiger partial charge in [0.05, 0.1) is 6.04 Å². The van der Waals surface area contributed by atoms with Crippen molar-refractivity contribution < 1.29 is 14.7 Å². The summed E-state index contributed by atoms with van der Waals surface area (Å²) in [5.74, 6) is -1.21. The summed E-state index contributed by atoms with van der Waals surface area (Å²) >= 11 is 0. The molecule has 0 saturated heterocycles. The van der Waals surface area contributed by atoms with Crippen LogP contribution in [-0.4, -0.2) is 40.6 Å². The summed E-state index contributed by atoms with van der Waals surface area (Å²) < 4.78 is 0. The minimum atomic E-state index is -1.00. The van der Waals surface area contributed by atoms with Gasteiger partial charge in [-0.2, -0.15) is 0 Å². The maximum Gasteiger partial charge on any atom is 0.320 e. The van der Waals surface area contributed by atoms with Crippen LogP contribution in [0.15, 0.2) is 30.5 Å². The summed E-state index contributed by atoms with van der Waals surface area (Å²) in [7, 11) is 0. The van der Waals surface area contributed by atoms with E-state index < -0.39 is 18.1 Å². The van der Waals surface area contributed by atoms with Crippen molar-refractivity contribution in [1.29, 1.82) is 0 Å². The standard InChI is InChI=1S/C17H24N4O3/c18-13(17(23)24)6-3-4-8-20-16(22)14(19)9-11-10-21-15-7-2-1-5-12(11)15/h1-2,5,7,10,13-14,21H,3-4,6,8-9,18-19H2,(H,20,22)(H,23,24)/t13-,14-/m0/s1. The first kappa shape index (κ1) is 18.0. The Bertz CT molecular complexity index is 698. The number of aliphatic carboxylic acids is 1. The second-order valence-electron chi connectivity index (χ2n) is 5.90. The summed E-state index contributed by atoms with van der Waals surface area (Å²) in [6.45, 7) is 0.465. The van der Waals surface area contributed by atoms with Crippen LogP contribution in [0.25, 0.3) is 10.9 Å². The van der Waals surface area contributed by atoms with Gasteiger partial charge in [-0.05, 0) is 37.3 Å². The Morgan fingerprint density at radius 3 is 2.67 bits per heavy atom. The van der Waals surface area contributed by atoms with Crippen LogP contribution in [0.4, 0.5) is 0 Å². The zero-order valence-corrected chi connectivity index (χ0v) is 13.5. The molecule has 0 aliphatic rings. The van der Waals surface area contributed by atoms with Crippen molar-refractivity contribution in [1.82, 2.24) is 10.3 Å². The van der Waals surface area contributed by atoms with Crippen LogP contribution in [0.1, 0.15) is 24.8 Å². The number of carbonyl (C=O) groups excluding carboxylic acids is 1. The van der Waals surface area contributed by atoms with E-state index in [9.17, 15) is 9.59 Å². The minimum absolute atomic E-state index is 0.206. The number of hydrogen-bond donors (Lipinski definition) is 5. The number of aromatic nitrogens is 1. The van der Waals surface area contributed by atoms with Crippen LogP contribution in [0.2, 0.25) is 0 Å². The van der Waals surface area contributed by atoms with E-state index >= 15 is 0 Å². The van der Waals surface area contributed by atoms with Crippen molar-refractivity contribution in [2.75, 3.05) is 6.54 Å². The lowest BCUT2D eigenvalue weighted by molar-refractivity contribution is -0.138. The summed E-state index contributed by atoms with van der Waals surface area (Å²) in [5.41, 5.74) is 13.4. The zero-order chi connectivity index (χ0) is 17.5. The number of unbranched alkanes of at least 4 members (excludes halogenated alkanes) is 1. The number of nitrogens with two attached hydrogens (primary N) is 2. The second-order valence-corrected chi connectivity index (χ2v) is 5.90. The Balaban J connectivity index is 1.73. The molecule has 1 aromatic carbocycles.